The predicted molar refractivity (Wildman–Crippen MR) is 99.0 cm³/mol. The lowest BCUT2D eigenvalue weighted by molar-refractivity contribution is -0.138. The molecule has 0 radical (unpaired) electrons. The summed E-state index contributed by atoms with van der Waals surface area (Å²) in [5.41, 5.74) is 0.0448. The Morgan fingerprint density at radius 3 is 2.52 bits per heavy atom. The van der Waals surface area contributed by atoms with Gasteiger partial charge in [-0.05, 0) is 82.3 Å². The van der Waals surface area contributed by atoms with Gasteiger partial charge in [-0.15, -0.1) is 0 Å². The van der Waals surface area contributed by atoms with Crippen molar-refractivity contribution in [3.63, 3.8) is 0 Å². The van der Waals surface area contributed by atoms with Crippen LogP contribution in [0, 0.1) is 5.92 Å². The number of benzene rings is 1. The number of hydrogen-bond donors (Lipinski definition) is 1. The van der Waals surface area contributed by atoms with Gasteiger partial charge >= 0.3 is 0 Å². The van der Waals surface area contributed by atoms with E-state index in [2.05, 4.69) is 10.2 Å². The Labute approximate surface area is 150 Å². The topological polar surface area (TPSA) is 50.8 Å². The lowest BCUT2D eigenvalue weighted by atomic mass is 9.99. The highest BCUT2D eigenvalue weighted by Crippen LogP contribution is 2.42. The molecule has 25 heavy (non-hydrogen) atoms. The maximum Gasteiger partial charge on any atom is 0.256 e. The number of nitrogens with zero attached hydrogens (tertiary/aromatic N) is 1. The number of ether oxygens (including phenoxy) is 2. The summed E-state index contributed by atoms with van der Waals surface area (Å²) in [5, 5.41) is 2.96. The Balaban J connectivity index is 1.42. The van der Waals surface area contributed by atoms with Gasteiger partial charge in [-0.3, -0.25) is 4.79 Å². The molecule has 0 spiro atoms. The molecular weight excluding hydrogens is 316 g/mol. The van der Waals surface area contributed by atoms with Crippen LogP contribution in [0.4, 0.5) is 5.69 Å². The molecule has 138 valence electrons. The van der Waals surface area contributed by atoms with E-state index in [4.69, 9.17) is 9.47 Å². The Morgan fingerprint density at radius 2 is 1.92 bits per heavy atom. The summed E-state index contributed by atoms with van der Waals surface area (Å²) in [6.07, 6.45) is 5.82. The van der Waals surface area contributed by atoms with Crippen LogP contribution in [0.25, 0.3) is 0 Å². The van der Waals surface area contributed by atoms with Crippen molar-refractivity contribution in [2.45, 2.75) is 44.6 Å². The van der Waals surface area contributed by atoms with Crippen LogP contribution in [0.2, 0.25) is 0 Å². The monoisotopic (exact) mass is 346 g/mol. The molecule has 2 aliphatic rings. The minimum absolute atomic E-state index is 0.0724. The predicted octanol–water partition coefficient (Wildman–Crippen LogP) is 3.30. The average Bonchev–Trinajstić information content (AvgIpc) is 3.36. The fourth-order valence-corrected chi connectivity index (χ4v) is 3.45. The number of anilines is 1. The zero-order valence-corrected chi connectivity index (χ0v) is 15.4. The number of amides is 1. The Bertz CT molecular complexity index is 565. The molecule has 1 N–H and O–H groups in total. The van der Waals surface area contributed by atoms with Crippen molar-refractivity contribution in [1.29, 1.82) is 0 Å². The minimum atomic E-state index is -0.731. The summed E-state index contributed by atoms with van der Waals surface area (Å²) >= 11 is 0. The second-order valence-corrected chi connectivity index (χ2v) is 7.31. The molecule has 1 aliphatic heterocycles. The second kappa shape index (κ2) is 8.19. The van der Waals surface area contributed by atoms with Crippen molar-refractivity contribution in [1.82, 2.24) is 4.90 Å². The van der Waals surface area contributed by atoms with E-state index in [-0.39, 0.29) is 5.91 Å². The van der Waals surface area contributed by atoms with Gasteiger partial charge in [0.05, 0.1) is 6.61 Å². The molecule has 5 heteroatoms. The van der Waals surface area contributed by atoms with E-state index in [0.29, 0.717) is 5.92 Å². The van der Waals surface area contributed by atoms with Crippen molar-refractivity contribution >= 4 is 11.6 Å². The van der Waals surface area contributed by atoms with Gasteiger partial charge in [0.2, 0.25) is 0 Å². The molecule has 0 bridgehead atoms. The number of likely N-dealkylation sites (tertiary alicyclic amines) is 1. The largest absolute Gasteiger partial charge is 0.494 e. The third-order valence-electron chi connectivity index (χ3n) is 5.43. The van der Waals surface area contributed by atoms with E-state index in [9.17, 15) is 4.79 Å². The average molecular weight is 346 g/mol. The third-order valence-corrected chi connectivity index (χ3v) is 5.43. The van der Waals surface area contributed by atoms with E-state index < -0.39 is 5.60 Å². The molecule has 1 aliphatic carbocycles. The highest BCUT2D eigenvalue weighted by molar-refractivity contribution is 5.97. The van der Waals surface area contributed by atoms with Crippen molar-refractivity contribution in [3.05, 3.63) is 24.3 Å². The first-order valence-corrected chi connectivity index (χ1v) is 9.43. The maximum atomic E-state index is 12.5. The van der Waals surface area contributed by atoms with Gasteiger partial charge in [-0.1, -0.05) is 0 Å². The summed E-state index contributed by atoms with van der Waals surface area (Å²) in [6, 6.07) is 7.59. The first-order chi connectivity index (χ1) is 12.1. The number of nitrogens with one attached hydrogen (secondary N) is 1. The molecule has 1 atom stereocenters. The molecule has 2 fully saturated rings. The van der Waals surface area contributed by atoms with Gasteiger partial charge in [0.25, 0.3) is 5.91 Å². The van der Waals surface area contributed by atoms with Crippen molar-refractivity contribution in [2.24, 2.45) is 5.92 Å². The SMILES string of the molecule is CO[C@@](C)(C(=O)Nc1ccc(OCCCN2CCCC2)cc1)C1CC1. The van der Waals surface area contributed by atoms with Gasteiger partial charge in [0.1, 0.15) is 11.4 Å². The van der Waals surface area contributed by atoms with Crippen LogP contribution in [0.1, 0.15) is 39.0 Å². The highest BCUT2D eigenvalue weighted by atomic mass is 16.5. The quantitative estimate of drug-likeness (QED) is 0.697. The van der Waals surface area contributed by atoms with Crippen LogP contribution in [0.15, 0.2) is 24.3 Å². The van der Waals surface area contributed by atoms with Crippen LogP contribution in [0.5, 0.6) is 5.75 Å². The van der Waals surface area contributed by atoms with E-state index in [0.717, 1.165) is 43.9 Å². The van der Waals surface area contributed by atoms with Crippen LogP contribution < -0.4 is 10.1 Å². The molecule has 0 unspecified atom stereocenters. The molecule has 0 aromatic heterocycles. The smallest absolute Gasteiger partial charge is 0.256 e. The Morgan fingerprint density at radius 1 is 1.24 bits per heavy atom. The van der Waals surface area contributed by atoms with Crippen LogP contribution in [-0.4, -0.2) is 49.8 Å². The first-order valence-electron chi connectivity index (χ1n) is 9.43. The zero-order chi connectivity index (χ0) is 17.7. The van der Waals surface area contributed by atoms with Crippen LogP contribution in [0.3, 0.4) is 0 Å². The maximum absolute atomic E-state index is 12.5. The van der Waals surface area contributed by atoms with E-state index in [1.807, 2.05) is 31.2 Å². The Hall–Kier alpha value is -1.59. The van der Waals surface area contributed by atoms with Crippen molar-refractivity contribution in [2.75, 3.05) is 38.7 Å². The number of rotatable bonds is 9. The molecule has 5 nitrogen and oxygen atoms in total. The summed E-state index contributed by atoms with van der Waals surface area (Å²) in [4.78, 5) is 15.0. The summed E-state index contributed by atoms with van der Waals surface area (Å²) in [6.45, 7) is 6.18. The van der Waals surface area contributed by atoms with Crippen molar-refractivity contribution in [3.8, 4) is 5.75 Å². The minimum Gasteiger partial charge on any atom is -0.494 e. The fraction of sp³-hybridized carbons (Fsp3) is 0.650. The van der Waals surface area contributed by atoms with E-state index >= 15 is 0 Å². The highest BCUT2D eigenvalue weighted by Gasteiger charge is 2.47. The second-order valence-electron chi connectivity index (χ2n) is 7.31. The molecule has 1 aromatic rings. The molecule has 1 heterocycles. The standard InChI is InChI=1S/C20H30N2O3/c1-20(24-2,16-6-7-16)19(23)21-17-8-10-18(11-9-17)25-15-5-14-22-12-3-4-13-22/h8-11,16H,3-7,12-15H2,1-2H3,(H,21,23)/t20-/m1/s1. The lowest BCUT2D eigenvalue weighted by Crippen LogP contribution is -2.43. The molecule has 1 amide bonds. The molecule has 1 aromatic carbocycles. The third kappa shape index (κ3) is 4.73. The Kier molecular flexibility index (Phi) is 5.97. The molecular formula is C20H30N2O3. The number of carbonyl (C=O) groups excluding carboxylic acids is 1. The number of methoxy groups -OCH3 is 1. The molecule has 1 saturated carbocycles. The van der Waals surface area contributed by atoms with E-state index in [1.165, 1.54) is 25.9 Å². The summed E-state index contributed by atoms with van der Waals surface area (Å²) in [5.74, 6) is 1.10. The zero-order valence-electron chi connectivity index (χ0n) is 15.4. The molecule has 1 saturated heterocycles. The molecule has 3 rings (SSSR count). The van der Waals surface area contributed by atoms with Crippen LogP contribution >= 0.6 is 0 Å². The summed E-state index contributed by atoms with van der Waals surface area (Å²) < 4.78 is 11.3. The van der Waals surface area contributed by atoms with E-state index in [1.54, 1.807) is 7.11 Å². The lowest BCUT2D eigenvalue weighted by Gasteiger charge is -2.26. The fourth-order valence-electron chi connectivity index (χ4n) is 3.45. The van der Waals surface area contributed by atoms with Gasteiger partial charge in [-0.2, -0.15) is 0 Å². The van der Waals surface area contributed by atoms with Gasteiger partial charge in [0, 0.05) is 19.3 Å². The summed E-state index contributed by atoms with van der Waals surface area (Å²) in [7, 11) is 1.61. The van der Waals surface area contributed by atoms with Gasteiger partial charge < -0.3 is 19.7 Å². The normalized spacial score (nSPS) is 20.2. The van der Waals surface area contributed by atoms with Gasteiger partial charge in [-0.25, -0.2) is 0 Å². The van der Waals surface area contributed by atoms with Gasteiger partial charge in [0.15, 0.2) is 0 Å². The first kappa shape index (κ1) is 18.2. The number of hydrogen-bond acceptors (Lipinski definition) is 4. The number of carbonyl (C=O) groups is 1. The van der Waals surface area contributed by atoms with Crippen molar-refractivity contribution < 1.29 is 14.3 Å². The van der Waals surface area contributed by atoms with Crippen LogP contribution in [-0.2, 0) is 9.53 Å².